The fourth-order valence-corrected chi connectivity index (χ4v) is 2.66. The lowest BCUT2D eigenvalue weighted by atomic mass is 10.0. The Morgan fingerprint density at radius 2 is 1.90 bits per heavy atom. The van der Waals surface area contributed by atoms with E-state index in [0.29, 0.717) is 6.04 Å². The summed E-state index contributed by atoms with van der Waals surface area (Å²) >= 11 is 0. The van der Waals surface area contributed by atoms with Crippen molar-refractivity contribution >= 4 is 0 Å². The molecule has 0 aromatic heterocycles. The maximum atomic E-state index is 5.92. The van der Waals surface area contributed by atoms with Crippen LogP contribution in [0.25, 0.3) is 0 Å². The molecule has 0 aliphatic heterocycles. The Balaban J connectivity index is 1.89. The molecule has 1 aromatic rings. The predicted octanol–water partition coefficient (Wildman–Crippen LogP) is 4.16. The van der Waals surface area contributed by atoms with Gasteiger partial charge in [-0.1, -0.05) is 49.1 Å². The van der Waals surface area contributed by atoms with Crippen LogP contribution in [0.4, 0.5) is 0 Å². The van der Waals surface area contributed by atoms with E-state index < -0.39 is 0 Å². The molecule has 0 radical (unpaired) electrons. The van der Waals surface area contributed by atoms with E-state index in [1.165, 1.54) is 36.0 Å². The van der Waals surface area contributed by atoms with Crippen molar-refractivity contribution in [3.8, 4) is 0 Å². The topological polar surface area (TPSA) is 21.3 Å². The van der Waals surface area contributed by atoms with Crippen molar-refractivity contribution < 1.29 is 4.74 Å². The molecule has 2 rings (SSSR count). The highest BCUT2D eigenvalue weighted by Gasteiger charge is 2.20. The summed E-state index contributed by atoms with van der Waals surface area (Å²) in [5.74, 6) is 0.957. The van der Waals surface area contributed by atoms with Crippen molar-refractivity contribution in [2.75, 3.05) is 19.8 Å². The van der Waals surface area contributed by atoms with E-state index in [1.54, 1.807) is 0 Å². The van der Waals surface area contributed by atoms with Gasteiger partial charge in [-0.05, 0) is 44.7 Å². The van der Waals surface area contributed by atoms with Crippen LogP contribution in [0.5, 0.6) is 0 Å². The Labute approximate surface area is 123 Å². The molecule has 1 N–H and O–H groups in total. The van der Waals surface area contributed by atoms with Crippen molar-refractivity contribution in [3.05, 3.63) is 34.9 Å². The second kappa shape index (κ2) is 7.80. The summed E-state index contributed by atoms with van der Waals surface area (Å²) in [5.41, 5.74) is 4.03. The summed E-state index contributed by atoms with van der Waals surface area (Å²) in [4.78, 5) is 0. The fourth-order valence-electron chi connectivity index (χ4n) is 2.66. The van der Waals surface area contributed by atoms with E-state index in [-0.39, 0.29) is 0 Å². The first-order valence-electron chi connectivity index (χ1n) is 8.08. The highest BCUT2D eigenvalue weighted by molar-refractivity contribution is 5.30. The van der Waals surface area contributed by atoms with E-state index in [2.05, 4.69) is 44.3 Å². The number of ether oxygens (including phenoxy) is 1. The molecule has 0 amide bonds. The van der Waals surface area contributed by atoms with Crippen molar-refractivity contribution in [2.24, 2.45) is 5.92 Å². The number of aryl methyl sites for hydroxylation is 2. The van der Waals surface area contributed by atoms with Gasteiger partial charge >= 0.3 is 0 Å². The van der Waals surface area contributed by atoms with Gasteiger partial charge < -0.3 is 10.1 Å². The van der Waals surface area contributed by atoms with Crippen LogP contribution in [-0.4, -0.2) is 19.8 Å². The number of hydrogen-bond acceptors (Lipinski definition) is 2. The van der Waals surface area contributed by atoms with Gasteiger partial charge in [-0.15, -0.1) is 0 Å². The monoisotopic (exact) mass is 275 g/mol. The standard InChI is InChI=1S/C18H29NO/c1-4-8-19-18(13-20-9-7-16-5-6-16)17-11-14(2)10-15(3)12-17/h10-12,16,18-19H,4-9,13H2,1-3H3. The van der Waals surface area contributed by atoms with E-state index in [1.807, 2.05) is 0 Å². The Morgan fingerprint density at radius 3 is 2.50 bits per heavy atom. The second-order valence-electron chi connectivity index (χ2n) is 6.23. The van der Waals surface area contributed by atoms with Crippen LogP contribution >= 0.6 is 0 Å². The van der Waals surface area contributed by atoms with Crippen LogP contribution in [0.1, 0.15) is 55.3 Å². The third-order valence-corrected chi connectivity index (χ3v) is 3.94. The predicted molar refractivity (Wildman–Crippen MR) is 85.1 cm³/mol. The first-order valence-corrected chi connectivity index (χ1v) is 8.08. The van der Waals surface area contributed by atoms with E-state index in [9.17, 15) is 0 Å². The SMILES string of the molecule is CCCNC(COCCC1CC1)c1cc(C)cc(C)c1. The van der Waals surface area contributed by atoms with Gasteiger partial charge in [0.15, 0.2) is 0 Å². The van der Waals surface area contributed by atoms with Crippen molar-refractivity contribution in [2.45, 2.75) is 52.5 Å². The molecule has 1 aliphatic rings. The summed E-state index contributed by atoms with van der Waals surface area (Å²) in [5, 5.41) is 3.62. The highest BCUT2D eigenvalue weighted by Crippen LogP contribution is 2.32. The molecule has 112 valence electrons. The largest absolute Gasteiger partial charge is 0.379 e. The number of nitrogens with one attached hydrogen (secondary N) is 1. The molecule has 0 heterocycles. The summed E-state index contributed by atoms with van der Waals surface area (Å²) < 4.78 is 5.92. The van der Waals surface area contributed by atoms with Crippen LogP contribution in [0.2, 0.25) is 0 Å². The molecule has 1 aliphatic carbocycles. The molecular formula is C18H29NO. The lowest BCUT2D eigenvalue weighted by Gasteiger charge is -2.20. The van der Waals surface area contributed by atoms with Gasteiger partial charge in [-0.3, -0.25) is 0 Å². The Hall–Kier alpha value is -0.860. The third kappa shape index (κ3) is 5.26. The molecule has 0 spiro atoms. The normalized spacial score (nSPS) is 16.4. The van der Waals surface area contributed by atoms with Crippen LogP contribution in [0, 0.1) is 19.8 Å². The zero-order valence-electron chi connectivity index (χ0n) is 13.2. The number of hydrogen-bond donors (Lipinski definition) is 1. The van der Waals surface area contributed by atoms with Crippen molar-refractivity contribution in [1.82, 2.24) is 5.32 Å². The van der Waals surface area contributed by atoms with Crippen LogP contribution in [0.3, 0.4) is 0 Å². The van der Waals surface area contributed by atoms with Crippen molar-refractivity contribution in [1.29, 1.82) is 0 Å². The maximum absolute atomic E-state index is 5.92. The maximum Gasteiger partial charge on any atom is 0.0661 e. The van der Waals surface area contributed by atoms with Crippen LogP contribution in [0.15, 0.2) is 18.2 Å². The minimum absolute atomic E-state index is 0.327. The quantitative estimate of drug-likeness (QED) is 0.683. The molecule has 0 bridgehead atoms. The summed E-state index contributed by atoms with van der Waals surface area (Å²) in [6.45, 7) is 9.29. The molecule has 1 fully saturated rings. The van der Waals surface area contributed by atoms with Gasteiger partial charge in [-0.25, -0.2) is 0 Å². The number of rotatable bonds is 9. The van der Waals surface area contributed by atoms with Crippen LogP contribution in [-0.2, 0) is 4.74 Å². The molecule has 0 saturated heterocycles. The summed E-state index contributed by atoms with van der Waals surface area (Å²) in [7, 11) is 0. The third-order valence-electron chi connectivity index (χ3n) is 3.94. The molecule has 1 saturated carbocycles. The Bertz CT molecular complexity index is 392. The van der Waals surface area contributed by atoms with Crippen molar-refractivity contribution in [3.63, 3.8) is 0 Å². The average molecular weight is 275 g/mol. The minimum atomic E-state index is 0.327. The van der Waals surface area contributed by atoms with Gasteiger partial charge in [0.1, 0.15) is 0 Å². The molecule has 1 atom stereocenters. The lowest BCUT2D eigenvalue weighted by molar-refractivity contribution is 0.106. The molecule has 2 nitrogen and oxygen atoms in total. The number of benzene rings is 1. The zero-order chi connectivity index (χ0) is 14.4. The summed E-state index contributed by atoms with van der Waals surface area (Å²) in [6.07, 6.45) is 5.23. The van der Waals surface area contributed by atoms with Gasteiger partial charge in [0.05, 0.1) is 12.6 Å². The van der Waals surface area contributed by atoms with E-state index in [0.717, 1.165) is 32.1 Å². The van der Waals surface area contributed by atoms with Gasteiger partial charge in [0, 0.05) is 6.61 Å². The smallest absolute Gasteiger partial charge is 0.0661 e. The van der Waals surface area contributed by atoms with Gasteiger partial charge in [0.2, 0.25) is 0 Å². The molecule has 1 aromatic carbocycles. The average Bonchev–Trinajstić information content (AvgIpc) is 3.20. The Morgan fingerprint density at radius 1 is 1.20 bits per heavy atom. The van der Waals surface area contributed by atoms with Crippen LogP contribution < -0.4 is 5.32 Å². The lowest BCUT2D eigenvalue weighted by Crippen LogP contribution is -2.26. The second-order valence-corrected chi connectivity index (χ2v) is 6.23. The first kappa shape index (κ1) is 15.5. The zero-order valence-corrected chi connectivity index (χ0v) is 13.2. The molecular weight excluding hydrogens is 246 g/mol. The van der Waals surface area contributed by atoms with Gasteiger partial charge in [-0.2, -0.15) is 0 Å². The molecule has 20 heavy (non-hydrogen) atoms. The van der Waals surface area contributed by atoms with Gasteiger partial charge in [0.25, 0.3) is 0 Å². The first-order chi connectivity index (χ1) is 9.69. The highest BCUT2D eigenvalue weighted by atomic mass is 16.5. The Kier molecular flexibility index (Phi) is 6.06. The van der Waals surface area contributed by atoms with E-state index in [4.69, 9.17) is 4.74 Å². The fraction of sp³-hybridized carbons (Fsp3) is 0.667. The molecule has 1 unspecified atom stereocenters. The molecule has 2 heteroatoms. The summed E-state index contributed by atoms with van der Waals surface area (Å²) in [6, 6.07) is 7.12. The minimum Gasteiger partial charge on any atom is -0.379 e. The van der Waals surface area contributed by atoms with E-state index >= 15 is 0 Å².